The third-order valence-corrected chi connectivity index (χ3v) is 1.93. The van der Waals surface area contributed by atoms with Gasteiger partial charge in [-0.15, -0.1) is 0 Å². The molecule has 0 saturated carbocycles. The maximum absolute atomic E-state index is 11.0. The average Bonchev–Trinajstić information content (AvgIpc) is 2.34. The van der Waals surface area contributed by atoms with Gasteiger partial charge in [-0.2, -0.15) is 0 Å². The van der Waals surface area contributed by atoms with Crippen molar-refractivity contribution in [1.82, 2.24) is 4.90 Å². The minimum Gasteiger partial charge on any atom is -0.327 e. The molecule has 0 aromatic rings. The summed E-state index contributed by atoms with van der Waals surface area (Å²) in [6, 6.07) is 0. The van der Waals surface area contributed by atoms with E-state index in [-0.39, 0.29) is 12.1 Å². The van der Waals surface area contributed by atoms with Crippen LogP contribution >= 0.6 is 0 Å². The van der Waals surface area contributed by atoms with E-state index in [1.807, 2.05) is 6.92 Å². The maximum Gasteiger partial charge on any atom is 0.223 e. The van der Waals surface area contributed by atoms with E-state index in [0.717, 1.165) is 19.4 Å². The van der Waals surface area contributed by atoms with E-state index in [2.05, 4.69) is 0 Å². The number of likely N-dealkylation sites (tertiary alicyclic amines) is 1. The first-order valence-electron chi connectivity index (χ1n) is 3.80. The summed E-state index contributed by atoms with van der Waals surface area (Å²) < 4.78 is 0. The number of carbonyl (C=O) groups excluding carboxylic acids is 1. The predicted octanol–water partition coefficient (Wildman–Crippen LogP) is 0.304. The smallest absolute Gasteiger partial charge is 0.223 e. The van der Waals surface area contributed by atoms with Gasteiger partial charge >= 0.3 is 0 Å². The summed E-state index contributed by atoms with van der Waals surface area (Å²) in [6.45, 7) is 2.85. The van der Waals surface area contributed by atoms with E-state index in [1.54, 1.807) is 4.90 Å². The lowest BCUT2D eigenvalue weighted by atomic mass is 10.3. The molecule has 3 heteroatoms. The fourth-order valence-electron chi connectivity index (χ4n) is 1.24. The highest BCUT2D eigenvalue weighted by atomic mass is 16.2. The zero-order chi connectivity index (χ0) is 7.56. The third kappa shape index (κ3) is 1.29. The number of carbonyl (C=O) groups is 1. The lowest BCUT2D eigenvalue weighted by Crippen LogP contribution is -2.42. The monoisotopic (exact) mass is 142 g/mol. The van der Waals surface area contributed by atoms with Crippen LogP contribution in [0.1, 0.15) is 26.2 Å². The van der Waals surface area contributed by atoms with Gasteiger partial charge in [-0.3, -0.25) is 4.79 Å². The van der Waals surface area contributed by atoms with Crippen LogP contribution < -0.4 is 5.73 Å². The van der Waals surface area contributed by atoms with Gasteiger partial charge in [0.2, 0.25) is 5.91 Å². The number of hydrogen-bond acceptors (Lipinski definition) is 2. The Bertz CT molecular complexity index is 136. The van der Waals surface area contributed by atoms with Crippen molar-refractivity contribution in [1.29, 1.82) is 0 Å². The van der Waals surface area contributed by atoms with E-state index in [0.29, 0.717) is 6.42 Å². The minimum absolute atomic E-state index is 0.0463. The number of amides is 1. The highest BCUT2D eigenvalue weighted by Gasteiger charge is 2.23. The molecule has 1 rings (SSSR count). The Morgan fingerprint density at radius 3 is 2.90 bits per heavy atom. The van der Waals surface area contributed by atoms with Crippen LogP contribution in [0.3, 0.4) is 0 Å². The molecule has 1 aliphatic heterocycles. The van der Waals surface area contributed by atoms with Gasteiger partial charge in [0, 0.05) is 13.0 Å². The summed E-state index contributed by atoms with van der Waals surface area (Å²) >= 11 is 0. The average molecular weight is 142 g/mol. The summed E-state index contributed by atoms with van der Waals surface area (Å²) in [4.78, 5) is 12.8. The van der Waals surface area contributed by atoms with Crippen LogP contribution in [0.5, 0.6) is 0 Å². The molecule has 0 radical (unpaired) electrons. The molecular weight excluding hydrogens is 128 g/mol. The van der Waals surface area contributed by atoms with Gasteiger partial charge in [0.15, 0.2) is 0 Å². The SMILES string of the molecule is CCC(N)N1CCCC1=O. The largest absolute Gasteiger partial charge is 0.327 e. The molecular formula is C7H14N2O. The van der Waals surface area contributed by atoms with Crippen LogP contribution in [0.25, 0.3) is 0 Å². The van der Waals surface area contributed by atoms with Crippen molar-refractivity contribution in [3.63, 3.8) is 0 Å². The molecule has 0 aliphatic carbocycles. The first-order chi connectivity index (χ1) is 4.75. The molecule has 0 spiro atoms. The van der Waals surface area contributed by atoms with Crippen molar-refractivity contribution in [2.75, 3.05) is 6.54 Å². The van der Waals surface area contributed by atoms with Crippen molar-refractivity contribution >= 4 is 5.91 Å². The Balaban J connectivity index is 2.46. The molecule has 1 heterocycles. The van der Waals surface area contributed by atoms with Crippen LogP contribution in [-0.2, 0) is 4.79 Å². The Labute approximate surface area is 61.2 Å². The summed E-state index contributed by atoms with van der Waals surface area (Å²) in [7, 11) is 0. The zero-order valence-electron chi connectivity index (χ0n) is 6.34. The molecule has 0 bridgehead atoms. The molecule has 1 atom stereocenters. The molecule has 1 fully saturated rings. The van der Waals surface area contributed by atoms with Gasteiger partial charge in [0.1, 0.15) is 0 Å². The molecule has 0 aromatic carbocycles. The van der Waals surface area contributed by atoms with Gasteiger partial charge in [-0.05, 0) is 12.8 Å². The van der Waals surface area contributed by atoms with Gasteiger partial charge < -0.3 is 10.6 Å². The molecule has 58 valence electrons. The molecule has 1 unspecified atom stereocenters. The number of hydrogen-bond donors (Lipinski definition) is 1. The highest BCUT2D eigenvalue weighted by Crippen LogP contribution is 2.11. The van der Waals surface area contributed by atoms with E-state index in [4.69, 9.17) is 5.73 Å². The fourth-order valence-corrected chi connectivity index (χ4v) is 1.24. The molecule has 3 nitrogen and oxygen atoms in total. The van der Waals surface area contributed by atoms with E-state index in [9.17, 15) is 4.79 Å². The van der Waals surface area contributed by atoms with Crippen molar-refractivity contribution in [3.8, 4) is 0 Å². The van der Waals surface area contributed by atoms with E-state index in [1.165, 1.54) is 0 Å². The lowest BCUT2D eigenvalue weighted by molar-refractivity contribution is -0.129. The first kappa shape index (κ1) is 7.54. The molecule has 2 N–H and O–H groups in total. The number of nitrogens with zero attached hydrogens (tertiary/aromatic N) is 1. The van der Waals surface area contributed by atoms with Gasteiger partial charge in [-0.1, -0.05) is 6.92 Å². The second kappa shape index (κ2) is 3.01. The topological polar surface area (TPSA) is 46.3 Å². The second-order valence-corrected chi connectivity index (χ2v) is 2.67. The van der Waals surface area contributed by atoms with E-state index < -0.39 is 0 Å². The Kier molecular flexibility index (Phi) is 2.27. The molecule has 1 amide bonds. The molecule has 10 heavy (non-hydrogen) atoms. The summed E-state index contributed by atoms with van der Waals surface area (Å²) in [6.07, 6.45) is 2.47. The number of rotatable bonds is 2. The van der Waals surface area contributed by atoms with Crippen LogP contribution in [0.2, 0.25) is 0 Å². The molecule has 1 aliphatic rings. The fraction of sp³-hybridized carbons (Fsp3) is 0.857. The second-order valence-electron chi connectivity index (χ2n) is 2.67. The standard InChI is InChI=1S/C7H14N2O/c1-2-6(8)9-5-3-4-7(9)10/h6H,2-5,8H2,1H3. The summed E-state index contributed by atoms with van der Waals surface area (Å²) in [5, 5.41) is 0. The van der Waals surface area contributed by atoms with Gasteiger partial charge in [-0.25, -0.2) is 0 Å². The highest BCUT2D eigenvalue weighted by molar-refractivity contribution is 5.78. The Morgan fingerprint density at radius 1 is 1.80 bits per heavy atom. The Hall–Kier alpha value is -0.570. The minimum atomic E-state index is -0.0463. The quantitative estimate of drug-likeness (QED) is 0.603. The van der Waals surface area contributed by atoms with Gasteiger partial charge in [0.05, 0.1) is 6.17 Å². The van der Waals surface area contributed by atoms with Crippen LogP contribution in [-0.4, -0.2) is 23.5 Å². The summed E-state index contributed by atoms with van der Waals surface area (Å²) in [5.74, 6) is 0.217. The molecule has 1 saturated heterocycles. The van der Waals surface area contributed by atoms with Crippen molar-refractivity contribution in [2.24, 2.45) is 5.73 Å². The molecule has 0 aromatic heterocycles. The lowest BCUT2D eigenvalue weighted by Gasteiger charge is -2.22. The number of nitrogens with two attached hydrogens (primary N) is 1. The zero-order valence-corrected chi connectivity index (χ0v) is 6.34. The van der Waals surface area contributed by atoms with Crippen molar-refractivity contribution in [2.45, 2.75) is 32.4 Å². The normalized spacial score (nSPS) is 21.8. The third-order valence-electron chi connectivity index (χ3n) is 1.93. The van der Waals surface area contributed by atoms with E-state index >= 15 is 0 Å². The summed E-state index contributed by atoms with van der Waals surface area (Å²) in [5.41, 5.74) is 5.67. The Morgan fingerprint density at radius 2 is 2.50 bits per heavy atom. The first-order valence-corrected chi connectivity index (χ1v) is 3.80. The van der Waals surface area contributed by atoms with Crippen molar-refractivity contribution < 1.29 is 4.79 Å². The predicted molar refractivity (Wildman–Crippen MR) is 39.2 cm³/mol. The van der Waals surface area contributed by atoms with Crippen LogP contribution in [0.4, 0.5) is 0 Å². The maximum atomic E-state index is 11.0. The van der Waals surface area contributed by atoms with Crippen molar-refractivity contribution in [3.05, 3.63) is 0 Å². The van der Waals surface area contributed by atoms with Crippen LogP contribution in [0.15, 0.2) is 0 Å². The van der Waals surface area contributed by atoms with Gasteiger partial charge in [0.25, 0.3) is 0 Å². The van der Waals surface area contributed by atoms with Crippen LogP contribution in [0, 0.1) is 0 Å².